The second kappa shape index (κ2) is 5.30. The van der Waals surface area contributed by atoms with Crippen molar-refractivity contribution in [3.63, 3.8) is 0 Å². The van der Waals surface area contributed by atoms with E-state index in [0.29, 0.717) is 0 Å². The zero-order valence-corrected chi connectivity index (χ0v) is 13.9. The van der Waals surface area contributed by atoms with Crippen molar-refractivity contribution in [3.05, 3.63) is 42.2 Å². The standard InChI is InChI=1S/C19H22N4/c1-4-20-16-7-9-21-19-18(16)15(12-23(19)3)14-6-5-13-8-10-22(2)17(13)11-14/h5-7,9,11-12H,4,8,10H2,1-3H3,(H,20,21). The number of rotatable bonds is 3. The highest BCUT2D eigenvalue weighted by Crippen LogP contribution is 2.37. The summed E-state index contributed by atoms with van der Waals surface area (Å²) < 4.78 is 2.11. The highest BCUT2D eigenvalue weighted by molar-refractivity contribution is 6.03. The zero-order valence-electron chi connectivity index (χ0n) is 13.9. The van der Waals surface area contributed by atoms with Crippen molar-refractivity contribution in [2.75, 3.05) is 30.4 Å². The Balaban J connectivity index is 1.94. The minimum absolute atomic E-state index is 0.903. The van der Waals surface area contributed by atoms with Gasteiger partial charge in [0.05, 0.1) is 0 Å². The van der Waals surface area contributed by atoms with E-state index in [1.165, 1.54) is 27.8 Å². The molecule has 0 spiro atoms. The lowest BCUT2D eigenvalue weighted by Crippen LogP contribution is -2.12. The van der Waals surface area contributed by atoms with Crippen LogP contribution < -0.4 is 10.2 Å². The van der Waals surface area contributed by atoms with Crippen LogP contribution in [-0.2, 0) is 13.5 Å². The van der Waals surface area contributed by atoms with Crippen LogP contribution in [0.4, 0.5) is 11.4 Å². The molecule has 3 aromatic rings. The van der Waals surface area contributed by atoms with Crippen LogP contribution in [0.1, 0.15) is 12.5 Å². The van der Waals surface area contributed by atoms with E-state index < -0.39 is 0 Å². The maximum absolute atomic E-state index is 4.57. The van der Waals surface area contributed by atoms with Gasteiger partial charge in [-0.3, -0.25) is 0 Å². The van der Waals surface area contributed by atoms with Crippen LogP contribution in [0.2, 0.25) is 0 Å². The van der Waals surface area contributed by atoms with Crippen molar-refractivity contribution < 1.29 is 0 Å². The third kappa shape index (κ3) is 2.17. The highest BCUT2D eigenvalue weighted by atomic mass is 15.1. The van der Waals surface area contributed by atoms with Crippen molar-refractivity contribution >= 4 is 22.4 Å². The second-order valence-corrected chi connectivity index (χ2v) is 6.26. The largest absolute Gasteiger partial charge is 0.385 e. The van der Waals surface area contributed by atoms with Gasteiger partial charge in [0, 0.05) is 61.9 Å². The number of hydrogen-bond donors (Lipinski definition) is 1. The Morgan fingerprint density at radius 2 is 2.09 bits per heavy atom. The van der Waals surface area contributed by atoms with Crippen LogP contribution in [0.3, 0.4) is 0 Å². The van der Waals surface area contributed by atoms with Crippen LogP contribution >= 0.6 is 0 Å². The van der Waals surface area contributed by atoms with Crippen molar-refractivity contribution in [1.29, 1.82) is 0 Å². The SMILES string of the molecule is CCNc1ccnc2c1c(-c1ccc3c(c1)N(C)CC3)cn2C. The molecule has 0 amide bonds. The monoisotopic (exact) mass is 306 g/mol. The highest BCUT2D eigenvalue weighted by Gasteiger charge is 2.19. The third-order valence-corrected chi connectivity index (χ3v) is 4.75. The summed E-state index contributed by atoms with van der Waals surface area (Å²) in [7, 11) is 4.23. The molecule has 1 aliphatic rings. The predicted octanol–water partition coefficient (Wildman–Crippen LogP) is 3.66. The van der Waals surface area contributed by atoms with Crippen LogP contribution in [-0.4, -0.2) is 29.7 Å². The molecule has 0 aliphatic carbocycles. The smallest absolute Gasteiger partial charge is 0.142 e. The fraction of sp³-hybridized carbons (Fsp3) is 0.316. The summed E-state index contributed by atoms with van der Waals surface area (Å²) in [5.74, 6) is 0. The first kappa shape index (κ1) is 14.1. The van der Waals surface area contributed by atoms with Gasteiger partial charge in [-0.15, -0.1) is 0 Å². The molecule has 4 rings (SSSR count). The summed E-state index contributed by atoms with van der Waals surface area (Å²) in [6.45, 7) is 4.14. The first-order chi connectivity index (χ1) is 11.2. The van der Waals surface area contributed by atoms with Gasteiger partial charge in [0.15, 0.2) is 0 Å². The summed E-state index contributed by atoms with van der Waals surface area (Å²) >= 11 is 0. The van der Waals surface area contributed by atoms with Crippen LogP contribution in [0.25, 0.3) is 22.2 Å². The Kier molecular flexibility index (Phi) is 3.26. The van der Waals surface area contributed by atoms with E-state index in [2.05, 4.69) is 71.2 Å². The van der Waals surface area contributed by atoms with E-state index in [9.17, 15) is 0 Å². The van der Waals surface area contributed by atoms with Crippen molar-refractivity contribution in [1.82, 2.24) is 9.55 Å². The van der Waals surface area contributed by atoms with Crippen molar-refractivity contribution in [3.8, 4) is 11.1 Å². The molecule has 1 N–H and O–H groups in total. The number of likely N-dealkylation sites (N-methyl/N-ethyl adjacent to an activating group) is 1. The van der Waals surface area contributed by atoms with E-state index in [4.69, 9.17) is 0 Å². The normalized spacial score (nSPS) is 13.6. The van der Waals surface area contributed by atoms with E-state index in [1.54, 1.807) is 0 Å². The Morgan fingerprint density at radius 3 is 2.91 bits per heavy atom. The molecule has 2 aromatic heterocycles. The van der Waals surface area contributed by atoms with E-state index in [0.717, 1.165) is 30.8 Å². The van der Waals surface area contributed by atoms with Gasteiger partial charge in [-0.05, 0) is 36.6 Å². The maximum atomic E-state index is 4.57. The number of benzene rings is 1. The number of aromatic nitrogens is 2. The van der Waals surface area contributed by atoms with Crippen LogP contribution in [0, 0.1) is 0 Å². The first-order valence-electron chi connectivity index (χ1n) is 8.21. The van der Waals surface area contributed by atoms with Gasteiger partial charge in [-0.2, -0.15) is 0 Å². The lowest BCUT2D eigenvalue weighted by atomic mass is 10.0. The number of nitrogens with one attached hydrogen (secondary N) is 1. The topological polar surface area (TPSA) is 33.1 Å². The lowest BCUT2D eigenvalue weighted by molar-refractivity contribution is 0.949. The van der Waals surface area contributed by atoms with Gasteiger partial charge in [0.1, 0.15) is 5.65 Å². The Labute approximate surface area is 136 Å². The van der Waals surface area contributed by atoms with Gasteiger partial charge < -0.3 is 14.8 Å². The quantitative estimate of drug-likeness (QED) is 0.801. The molecule has 0 radical (unpaired) electrons. The van der Waals surface area contributed by atoms with E-state index >= 15 is 0 Å². The molecule has 1 aromatic carbocycles. The average Bonchev–Trinajstić information content (AvgIpc) is 3.10. The summed E-state index contributed by atoms with van der Waals surface area (Å²) in [5.41, 5.74) is 7.48. The fourth-order valence-electron chi connectivity index (χ4n) is 3.57. The number of pyridine rings is 1. The molecule has 4 heteroatoms. The number of fused-ring (bicyclic) bond motifs is 2. The minimum atomic E-state index is 0.903. The van der Waals surface area contributed by atoms with Crippen LogP contribution in [0.5, 0.6) is 0 Å². The molecule has 23 heavy (non-hydrogen) atoms. The van der Waals surface area contributed by atoms with E-state index in [-0.39, 0.29) is 0 Å². The molecule has 0 unspecified atom stereocenters. The molecule has 4 nitrogen and oxygen atoms in total. The minimum Gasteiger partial charge on any atom is -0.385 e. The van der Waals surface area contributed by atoms with Gasteiger partial charge in [-0.25, -0.2) is 4.98 Å². The number of hydrogen-bond acceptors (Lipinski definition) is 3. The summed E-state index contributed by atoms with van der Waals surface area (Å²) in [5, 5.41) is 4.68. The third-order valence-electron chi connectivity index (χ3n) is 4.75. The Bertz CT molecular complexity index is 878. The molecule has 118 valence electrons. The molecule has 0 saturated carbocycles. The average molecular weight is 306 g/mol. The molecular weight excluding hydrogens is 284 g/mol. The van der Waals surface area contributed by atoms with Gasteiger partial charge in [0.2, 0.25) is 0 Å². The molecule has 0 saturated heterocycles. The van der Waals surface area contributed by atoms with Crippen molar-refractivity contribution in [2.24, 2.45) is 7.05 Å². The zero-order chi connectivity index (χ0) is 16.0. The second-order valence-electron chi connectivity index (χ2n) is 6.26. The van der Waals surface area contributed by atoms with Crippen LogP contribution in [0.15, 0.2) is 36.7 Å². The molecule has 0 bridgehead atoms. The maximum Gasteiger partial charge on any atom is 0.142 e. The molecule has 0 atom stereocenters. The van der Waals surface area contributed by atoms with Gasteiger partial charge >= 0.3 is 0 Å². The number of anilines is 2. The summed E-state index contributed by atoms with van der Waals surface area (Å²) in [6.07, 6.45) is 5.21. The molecule has 3 heterocycles. The Morgan fingerprint density at radius 1 is 1.22 bits per heavy atom. The fourth-order valence-corrected chi connectivity index (χ4v) is 3.57. The number of nitrogens with zero attached hydrogens (tertiary/aromatic N) is 3. The van der Waals surface area contributed by atoms with Gasteiger partial charge in [-0.1, -0.05) is 12.1 Å². The Hall–Kier alpha value is -2.49. The van der Waals surface area contributed by atoms with E-state index in [1.807, 2.05) is 6.20 Å². The first-order valence-corrected chi connectivity index (χ1v) is 8.21. The molecular formula is C19H22N4. The lowest BCUT2D eigenvalue weighted by Gasteiger charge is -2.13. The summed E-state index contributed by atoms with van der Waals surface area (Å²) in [4.78, 5) is 6.91. The van der Waals surface area contributed by atoms with Gasteiger partial charge in [0.25, 0.3) is 0 Å². The summed E-state index contributed by atoms with van der Waals surface area (Å²) in [6, 6.07) is 8.90. The molecule has 1 aliphatic heterocycles. The van der Waals surface area contributed by atoms with Crippen molar-refractivity contribution in [2.45, 2.75) is 13.3 Å². The predicted molar refractivity (Wildman–Crippen MR) is 97.3 cm³/mol. The molecule has 0 fully saturated rings. The number of aryl methyl sites for hydroxylation is 1.